The van der Waals surface area contributed by atoms with Crippen molar-refractivity contribution in [2.24, 2.45) is 11.7 Å². The summed E-state index contributed by atoms with van der Waals surface area (Å²) in [6, 6.07) is 7.20. The highest BCUT2D eigenvalue weighted by molar-refractivity contribution is 6.06. The SMILES string of the molecule is NC(=O)n1cc(NC(=O)N2[C@@H]3CC3C[C@H]2C(=O)Nc2cccc(OC(F)(F)F)c2F)c2ccccc21. The van der Waals surface area contributed by atoms with Crippen LogP contribution in [0.25, 0.3) is 10.9 Å². The number of halogens is 4. The fraction of sp³-hybridized carbons (Fsp3) is 0.261. The van der Waals surface area contributed by atoms with Crippen LogP contribution < -0.4 is 21.1 Å². The summed E-state index contributed by atoms with van der Waals surface area (Å²) in [7, 11) is 0. The highest BCUT2D eigenvalue weighted by atomic mass is 19.4. The average molecular weight is 505 g/mol. The fourth-order valence-electron chi connectivity index (χ4n) is 4.65. The number of nitrogens with one attached hydrogen (secondary N) is 2. The molecule has 9 nitrogen and oxygen atoms in total. The Morgan fingerprint density at radius 2 is 1.75 bits per heavy atom. The molecule has 1 aliphatic heterocycles. The molecule has 2 aliphatic rings. The van der Waals surface area contributed by atoms with Crippen molar-refractivity contribution in [3.8, 4) is 5.75 Å². The Hall–Kier alpha value is -4.29. The zero-order chi connectivity index (χ0) is 25.8. The largest absolute Gasteiger partial charge is 0.573 e. The van der Waals surface area contributed by atoms with E-state index in [9.17, 15) is 31.9 Å². The third-order valence-electron chi connectivity index (χ3n) is 6.28. The molecular weight excluding hydrogens is 486 g/mol. The fourth-order valence-corrected chi connectivity index (χ4v) is 4.65. The van der Waals surface area contributed by atoms with Gasteiger partial charge >= 0.3 is 18.4 Å². The minimum atomic E-state index is -5.11. The third-order valence-corrected chi connectivity index (χ3v) is 6.28. The highest BCUT2D eigenvalue weighted by Crippen LogP contribution is 2.48. The minimum Gasteiger partial charge on any atom is -0.403 e. The smallest absolute Gasteiger partial charge is 0.403 e. The number of hydrogen-bond donors (Lipinski definition) is 3. The van der Waals surface area contributed by atoms with Crippen LogP contribution in [0.5, 0.6) is 5.75 Å². The number of urea groups is 1. The second-order valence-electron chi connectivity index (χ2n) is 8.57. The van der Waals surface area contributed by atoms with Crippen molar-refractivity contribution < 1.29 is 36.7 Å². The van der Waals surface area contributed by atoms with Crippen LogP contribution >= 0.6 is 0 Å². The number of aromatic nitrogens is 1. The zero-order valence-electron chi connectivity index (χ0n) is 18.4. The number of nitrogens with zero attached hydrogens (tertiary/aromatic N) is 2. The molecule has 5 rings (SSSR count). The van der Waals surface area contributed by atoms with Gasteiger partial charge in [0.1, 0.15) is 6.04 Å². The number of primary amides is 1. The van der Waals surface area contributed by atoms with Crippen molar-refractivity contribution in [2.45, 2.75) is 31.3 Å². The zero-order valence-corrected chi connectivity index (χ0v) is 18.4. The Morgan fingerprint density at radius 3 is 2.47 bits per heavy atom. The van der Waals surface area contributed by atoms with Crippen LogP contribution in [0.1, 0.15) is 12.8 Å². The van der Waals surface area contributed by atoms with Crippen molar-refractivity contribution in [3.63, 3.8) is 0 Å². The summed E-state index contributed by atoms with van der Waals surface area (Å²) in [5.74, 6) is -3.15. The Kier molecular flexibility index (Phi) is 5.49. The van der Waals surface area contributed by atoms with Crippen LogP contribution in [-0.2, 0) is 4.79 Å². The second-order valence-corrected chi connectivity index (χ2v) is 8.57. The van der Waals surface area contributed by atoms with E-state index in [0.29, 0.717) is 29.4 Å². The summed E-state index contributed by atoms with van der Waals surface area (Å²) in [6.07, 6.45) is -2.73. The number of anilines is 2. The van der Waals surface area contributed by atoms with Gasteiger partial charge in [-0.15, -0.1) is 13.2 Å². The molecule has 3 aromatic rings. The number of carbonyl (C=O) groups excluding carboxylic acids is 3. The van der Waals surface area contributed by atoms with Crippen LogP contribution in [0.15, 0.2) is 48.7 Å². The van der Waals surface area contributed by atoms with Gasteiger partial charge in [-0.2, -0.15) is 0 Å². The molecule has 2 heterocycles. The van der Waals surface area contributed by atoms with Gasteiger partial charge < -0.3 is 26.0 Å². The molecule has 2 aromatic carbocycles. The molecule has 0 bridgehead atoms. The Balaban J connectivity index is 1.35. The number of rotatable bonds is 4. The van der Waals surface area contributed by atoms with Crippen LogP contribution in [0, 0.1) is 11.7 Å². The maximum absolute atomic E-state index is 14.5. The van der Waals surface area contributed by atoms with E-state index in [0.717, 1.165) is 18.2 Å². The quantitative estimate of drug-likeness (QED) is 0.460. The molecule has 1 aromatic heterocycles. The third kappa shape index (κ3) is 4.27. The topological polar surface area (TPSA) is 119 Å². The van der Waals surface area contributed by atoms with E-state index < -0.39 is 47.6 Å². The Morgan fingerprint density at radius 1 is 1.00 bits per heavy atom. The molecule has 0 spiro atoms. The number of piperidine rings is 1. The molecular formula is C23H19F4N5O4. The minimum absolute atomic E-state index is 0.0724. The van der Waals surface area contributed by atoms with Gasteiger partial charge in [-0.3, -0.25) is 9.36 Å². The lowest BCUT2D eigenvalue weighted by atomic mass is 10.1. The van der Waals surface area contributed by atoms with Gasteiger partial charge in [-0.25, -0.2) is 14.0 Å². The number of para-hydroxylation sites is 1. The van der Waals surface area contributed by atoms with Gasteiger partial charge in [-0.1, -0.05) is 24.3 Å². The Labute approximate surface area is 200 Å². The summed E-state index contributed by atoms with van der Waals surface area (Å²) in [6.45, 7) is 0. The summed E-state index contributed by atoms with van der Waals surface area (Å²) < 4.78 is 56.9. The molecule has 4 amide bonds. The number of ether oxygens (including phenoxy) is 1. The number of likely N-dealkylation sites (tertiary alicyclic amines) is 1. The summed E-state index contributed by atoms with van der Waals surface area (Å²) in [5, 5.41) is 5.54. The van der Waals surface area contributed by atoms with Crippen LogP contribution in [0.2, 0.25) is 0 Å². The van der Waals surface area contributed by atoms with Crippen molar-refractivity contribution in [1.82, 2.24) is 9.47 Å². The lowest BCUT2D eigenvalue weighted by Gasteiger charge is -2.27. The van der Waals surface area contributed by atoms with Crippen molar-refractivity contribution >= 4 is 40.2 Å². The van der Waals surface area contributed by atoms with Crippen LogP contribution in [0.4, 0.5) is 38.5 Å². The van der Waals surface area contributed by atoms with E-state index in [1.807, 2.05) is 0 Å². The average Bonchev–Trinajstić information content (AvgIpc) is 3.31. The molecule has 4 N–H and O–H groups in total. The highest BCUT2D eigenvalue weighted by Gasteiger charge is 2.56. The summed E-state index contributed by atoms with van der Waals surface area (Å²) >= 11 is 0. The monoisotopic (exact) mass is 505 g/mol. The van der Waals surface area contributed by atoms with Gasteiger partial charge in [-0.05, 0) is 37.0 Å². The first-order valence-electron chi connectivity index (χ1n) is 10.9. The predicted octanol–water partition coefficient (Wildman–Crippen LogP) is 4.24. The van der Waals surface area contributed by atoms with Crippen LogP contribution in [0.3, 0.4) is 0 Å². The van der Waals surface area contributed by atoms with E-state index in [1.54, 1.807) is 24.3 Å². The van der Waals surface area contributed by atoms with E-state index in [1.165, 1.54) is 15.7 Å². The first-order valence-corrected chi connectivity index (χ1v) is 10.9. The van der Waals surface area contributed by atoms with Crippen molar-refractivity contribution in [2.75, 3.05) is 10.6 Å². The van der Waals surface area contributed by atoms with Crippen molar-refractivity contribution in [1.29, 1.82) is 0 Å². The number of hydrogen-bond acceptors (Lipinski definition) is 4. The molecule has 36 heavy (non-hydrogen) atoms. The number of amides is 4. The number of benzene rings is 2. The van der Waals surface area contributed by atoms with Gasteiger partial charge in [0, 0.05) is 17.6 Å². The molecule has 13 heteroatoms. The standard InChI is InChI=1S/C23H19F4N5O4/c24-19-13(5-3-7-18(19)36-23(25,26)27)29-20(33)17-9-11-8-16(11)32(17)22(35)30-14-10-31(21(28)34)15-6-2-1-4-12(14)15/h1-7,10-11,16-17H,8-9H2,(H2,28,34)(H,29,33)(H,30,35)/t11?,16-,17+/m1/s1. The number of nitrogens with two attached hydrogens (primary N) is 1. The van der Waals surface area contributed by atoms with Gasteiger partial charge in [0.2, 0.25) is 5.91 Å². The number of alkyl halides is 3. The lowest BCUT2D eigenvalue weighted by Crippen LogP contribution is -2.47. The number of carbonyl (C=O) groups is 3. The molecule has 3 atom stereocenters. The first kappa shape index (κ1) is 23.5. The van der Waals surface area contributed by atoms with Gasteiger partial charge in [0.05, 0.1) is 16.9 Å². The normalized spacial score (nSPS) is 20.7. The molecule has 1 aliphatic carbocycles. The lowest BCUT2D eigenvalue weighted by molar-refractivity contribution is -0.275. The van der Waals surface area contributed by atoms with E-state index >= 15 is 0 Å². The first-order chi connectivity index (χ1) is 17.0. The summed E-state index contributed by atoms with van der Waals surface area (Å²) in [5.41, 5.74) is 5.69. The number of fused-ring (bicyclic) bond motifs is 2. The molecule has 2 fully saturated rings. The van der Waals surface area contributed by atoms with Crippen molar-refractivity contribution in [3.05, 3.63) is 54.5 Å². The van der Waals surface area contributed by atoms with E-state index in [-0.39, 0.29) is 12.0 Å². The van der Waals surface area contributed by atoms with Gasteiger partial charge in [0.15, 0.2) is 11.6 Å². The predicted molar refractivity (Wildman–Crippen MR) is 120 cm³/mol. The second kappa shape index (κ2) is 8.43. The van der Waals surface area contributed by atoms with E-state index in [4.69, 9.17) is 5.73 Å². The molecule has 1 saturated carbocycles. The van der Waals surface area contributed by atoms with E-state index in [2.05, 4.69) is 15.4 Å². The molecule has 1 saturated heterocycles. The molecule has 188 valence electrons. The maximum Gasteiger partial charge on any atom is 0.573 e. The molecule has 1 unspecified atom stereocenters. The van der Waals surface area contributed by atoms with Gasteiger partial charge in [0.25, 0.3) is 0 Å². The molecule has 0 radical (unpaired) electrons. The summed E-state index contributed by atoms with van der Waals surface area (Å²) in [4.78, 5) is 39.3. The Bertz CT molecular complexity index is 1390. The maximum atomic E-state index is 14.5. The van der Waals surface area contributed by atoms with Crippen LogP contribution in [-0.4, -0.2) is 45.9 Å².